The van der Waals surface area contributed by atoms with E-state index >= 15 is 0 Å². The first-order valence-corrected chi connectivity index (χ1v) is 6.96. The van der Waals surface area contributed by atoms with Crippen molar-refractivity contribution in [1.29, 1.82) is 0 Å². The fraction of sp³-hybridized carbons (Fsp3) is 0.333. The maximum absolute atomic E-state index is 12.2. The smallest absolute Gasteiger partial charge is 0.290 e. The summed E-state index contributed by atoms with van der Waals surface area (Å²) in [4.78, 5) is 29.9. The lowest BCUT2D eigenvalue weighted by molar-refractivity contribution is -0.127. The Labute approximate surface area is 127 Å². The number of likely N-dealkylation sites (N-methyl/N-ethyl adjacent to an activating group) is 1. The third-order valence-electron chi connectivity index (χ3n) is 3.78. The fourth-order valence-corrected chi connectivity index (χ4v) is 2.72. The second kappa shape index (κ2) is 5.59. The molecule has 7 heteroatoms. The van der Waals surface area contributed by atoms with Gasteiger partial charge in [-0.1, -0.05) is 11.2 Å². The first kappa shape index (κ1) is 14.2. The van der Waals surface area contributed by atoms with Gasteiger partial charge in [-0.2, -0.15) is 0 Å². The molecule has 0 unspecified atom stereocenters. The molecule has 1 N–H and O–H groups in total. The number of hydrogen-bond donors (Lipinski definition) is 1. The highest BCUT2D eigenvalue weighted by molar-refractivity contribution is 5.92. The van der Waals surface area contributed by atoms with Crippen LogP contribution in [0.25, 0.3) is 0 Å². The van der Waals surface area contributed by atoms with Crippen LogP contribution >= 0.6 is 0 Å². The predicted octanol–water partition coefficient (Wildman–Crippen LogP) is 1.08. The lowest BCUT2D eigenvalue weighted by atomic mass is 10.0. The van der Waals surface area contributed by atoms with Crippen molar-refractivity contribution in [3.63, 3.8) is 0 Å². The SMILES string of the molecule is Cc1cc(C(=O)N[C@@H]2CC(=O)N(C)[C@H]2c2cccnc2)on1. The summed E-state index contributed by atoms with van der Waals surface area (Å²) in [5.74, 6) is -0.250. The van der Waals surface area contributed by atoms with Crippen molar-refractivity contribution in [2.75, 3.05) is 7.05 Å². The van der Waals surface area contributed by atoms with Gasteiger partial charge in [-0.3, -0.25) is 14.6 Å². The van der Waals surface area contributed by atoms with Crippen LogP contribution in [0.1, 0.15) is 34.3 Å². The van der Waals surface area contributed by atoms with Crippen molar-refractivity contribution in [2.24, 2.45) is 0 Å². The Bertz CT molecular complexity index is 698. The van der Waals surface area contributed by atoms with E-state index in [9.17, 15) is 9.59 Å². The summed E-state index contributed by atoms with van der Waals surface area (Å²) in [6.45, 7) is 1.74. The van der Waals surface area contributed by atoms with Gasteiger partial charge in [0.15, 0.2) is 0 Å². The van der Waals surface area contributed by atoms with Crippen LogP contribution in [0.5, 0.6) is 0 Å². The Balaban J connectivity index is 1.82. The molecule has 0 aliphatic carbocycles. The van der Waals surface area contributed by atoms with Crippen molar-refractivity contribution in [3.8, 4) is 0 Å². The quantitative estimate of drug-likeness (QED) is 0.916. The zero-order valence-corrected chi connectivity index (χ0v) is 12.3. The molecule has 3 rings (SSSR count). The van der Waals surface area contributed by atoms with Gasteiger partial charge in [-0.15, -0.1) is 0 Å². The molecule has 1 aliphatic heterocycles. The fourth-order valence-electron chi connectivity index (χ4n) is 2.72. The summed E-state index contributed by atoms with van der Waals surface area (Å²) in [6.07, 6.45) is 3.62. The van der Waals surface area contributed by atoms with E-state index in [-0.39, 0.29) is 36.1 Å². The van der Waals surface area contributed by atoms with Crippen LogP contribution in [0.4, 0.5) is 0 Å². The van der Waals surface area contributed by atoms with Crippen molar-refractivity contribution >= 4 is 11.8 Å². The van der Waals surface area contributed by atoms with E-state index in [1.165, 1.54) is 0 Å². The van der Waals surface area contributed by atoms with E-state index in [4.69, 9.17) is 4.52 Å². The van der Waals surface area contributed by atoms with Crippen molar-refractivity contribution in [2.45, 2.75) is 25.4 Å². The molecule has 1 aliphatic rings. The summed E-state index contributed by atoms with van der Waals surface area (Å²) >= 11 is 0. The number of aryl methyl sites for hydroxylation is 1. The Kier molecular flexibility index (Phi) is 3.62. The van der Waals surface area contributed by atoms with Gasteiger partial charge in [0.05, 0.1) is 17.8 Å². The van der Waals surface area contributed by atoms with Crippen LogP contribution in [-0.2, 0) is 4.79 Å². The van der Waals surface area contributed by atoms with Crippen LogP contribution in [0.3, 0.4) is 0 Å². The Morgan fingerprint density at radius 1 is 1.50 bits per heavy atom. The Hall–Kier alpha value is -2.70. The molecule has 2 aromatic rings. The van der Waals surface area contributed by atoms with Gasteiger partial charge in [0.2, 0.25) is 11.7 Å². The molecule has 22 heavy (non-hydrogen) atoms. The molecule has 3 heterocycles. The van der Waals surface area contributed by atoms with Crippen LogP contribution in [0.2, 0.25) is 0 Å². The molecule has 2 atom stereocenters. The van der Waals surface area contributed by atoms with E-state index in [0.29, 0.717) is 5.69 Å². The molecule has 0 bridgehead atoms. The zero-order valence-electron chi connectivity index (χ0n) is 12.3. The third-order valence-corrected chi connectivity index (χ3v) is 3.78. The standard InChI is InChI=1S/C15H16N4O3/c1-9-6-12(22-18-9)15(21)17-11-7-13(20)19(2)14(11)10-4-3-5-16-8-10/h3-6,8,11,14H,7H2,1-2H3,(H,17,21)/t11-,14+/m1/s1. The number of hydrogen-bond acceptors (Lipinski definition) is 5. The minimum absolute atomic E-state index is 0.0205. The topological polar surface area (TPSA) is 88.3 Å². The molecular formula is C15H16N4O3. The summed E-state index contributed by atoms with van der Waals surface area (Å²) in [5.41, 5.74) is 1.52. The van der Waals surface area contributed by atoms with Crippen molar-refractivity contribution in [1.82, 2.24) is 20.4 Å². The predicted molar refractivity (Wildman–Crippen MR) is 76.9 cm³/mol. The van der Waals surface area contributed by atoms with E-state index < -0.39 is 0 Å². The second-order valence-corrected chi connectivity index (χ2v) is 5.35. The summed E-state index contributed by atoms with van der Waals surface area (Å²) in [6, 6.07) is 4.69. The number of rotatable bonds is 3. The lowest BCUT2D eigenvalue weighted by Crippen LogP contribution is -2.38. The molecular weight excluding hydrogens is 284 g/mol. The maximum Gasteiger partial charge on any atom is 0.290 e. The van der Waals surface area contributed by atoms with Crippen molar-refractivity contribution in [3.05, 3.63) is 47.6 Å². The van der Waals surface area contributed by atoms with Crippen LogP contribution in [-0.4, -0.2) is 39.9 Å². The number of likely N-dealkylation sites (tertiary alicyclic amines) is 1. The summed E-state index contributed by atoms with van der Waals surface area (Å²) in [5, 5.41) is 6.55. The molecule has 1 saturated heterocycles. The monoisotopic (exact) mass is 300 g/mol. The largest absolute Gasteiger partial charge is 0.351 e. The van der Waals surface area contributed by atoms with Crippen LogP contribution in [0.15, 0.2) is 35.1 Å². The lowest BCUT2D eigenvalue weighted by Gasteiger charge is -2.25. The van der Waals surface area contributed by atoms with Crippen LogP contribution in [0, 0.1) is 6.92 Å². The molecule has 1 fully saturated rings. The second-order valence-electron chi connectivity index (χ2n) is 5.35. The number of pyridine rings is 1. The van der Waals surface area contributed by atoms with Crippen molar-refractivity contribution < 1.29 is 14.1 Å². The van der Waals surface area contributed by atoms with Gasteiger partial charge in [-0.05, 0) is 18.6 Å². The number of carbonyl (C=O) groups is 2. The van der Waals surface area contributed by atoms with Gasteiger partial charge >= 0.3 is 0 Å². The highest BCUT2D eigenvalue weighted by atomic mass is 16.5. The normalized spacial score (nSPS) is 21.2. The minimum Gasteiger partial charge on any atom is -0.351 e. The number of aromatic nitrogens is 2. The van der Waals surface area contributed by atoms with E-state index in [1.807, 2.05) is 12.1 Å². The molecule has 0 spiro atoms. The minimum atomic E-state index is -0.373. The average molecular weight is 300 g/mol. The highest BCUT2D eigenvalue weighted by Gasteiger charge is 2.39. The molecule has 0 aromatic carbocycles. The maximum atomic E-state index is 12.2. The summed E-state index contributed by atoms with van der Waals surface area (Å²) in [7, 11) is 1.73. The number of nitrogens with one attached hydrogen (secondary N) is 1. The van der Waals surface area contributed by atoms with E-state index in [0.717, 1.165) is 5.56 Å². The number of nitrogens with zero attached hydrogens (tertiary/aromatic N) is 3. The van der Waals surface area contributed by atoms with Gasteiger partial charge in [-0.25, -0.2) is 0 Å². The Morgan fingerprint density at radius 2 is 2.32 bits per heavy atom. The van der Waals surface area contributed by atoms with Crippen LogP contribution < -0.4 is 5.32 Å². The average Bonchev–Trinajstić information content (AvgIpc) is 3.05. The van der Waals surface area contributed by atoms with Gasteiger partial charge in [0.25, 0.3) is 5.91 Å². The molecule has 0 saturated carbocycles. The Morgan fingerprint density at radius 3 is 2.95 bits per heavy atom. The highest BCUT2D eigenvalue weighted by Crippen LogP contribution is 2.31. The third kappa shape index (κ3) is 2.57. The molecule has 0 radical (unpaired) electrons. The number of carbonyl (C=O) groups excluding carboxylic acids is 2. The zero-order chi connectivity index (χ0) is 15.7. The first-order valence-electron chi connectivity index (χ1n) is 6.96. The van der Waals surface area contributed by atoms with E-state index in [2.05, 4.69) is 15.5 Å². The molecule has 114 valence electrons. The van der Waals surface area contributed by atoms with Gasteiger partial charge in [0, 0.05) is 31.9 Å². The molecule has 7 nitrogen and oxygen atoms in total. The van der Waals surface area contributed by atoms with E-state index in [1.54, 1.807) is 37.3 Å². The summed E-state index contributed by atoms with van der Waals surface area (Å²) < 4.78 is 4.96. The van der Waals surface area contributed by atoms with Gasteiger partial charge < -0.3 is 14.7 Å². The number of amides is 2. The van der Waals surface area contributed by atoms with Gasteiger partial charge in [0.1, 0.15) is 0 Å². The molecule has 2 aromatic heterocycles. The first-order chi connectivity index (χ1) is 10.6. The molecule has 2 amide bonds.